The molecule has 21 heavy (non-hydrogen) atoms. The van der Waals surface area contributed by atoms with Gasteiger partial charge in [0.2, 0.25) is 11.8 Å². The summed E-state index contributed by atoms with van der Waals surface area (Å²) in [4.78, 5) is 35.4. The van der Waals surface area contributed by atoms with Crippen LogP contribution < -0.4 is 5.32 Å². The van der Waals surface area contributed by atoms with E-state index in [2.05, 4.69) is 5.32 Å². The monoisotopic (exact) mass is 310 g/mol. The Balaban J connectivity index is 2.77. The molecule has 0 saturated carbocycles. The van der Waals surface area contributed by atoms with Crippen LogP contribution in [0.3, 0.4) is 0 Å². The quantitative estimate of drug-likeness (QED) is 0.803. The second-order valence-corrected chi connectivity index (χ2v) is 4.90. The third-order valence-electron chi connectivity index (χ3n) is 3.43. The van der Waals surface area contributed by atoms with Crippen molar-refractivity contribution in [1.29, 1.82) is 0 Å². The van der Waals surface area contributed by atoms with Crippen molar-refractivity contribution in [1.82, 2.24) is 10.2 Å². The van der Waals surface area contributed by atoms with E-state index in [0.29, 0.717) is 0 Å². The number of hydrogen-bond donors (Lipinski definition) is 2. The molecule has 120 valence electrons. The maximum atomic E-state index is 12.1. The zero-order valence-electron chi connectivity index (χ0n) is 11.4. The Morgan fingerprint density at radius 3 is 2.38 bits per heavy atom. The summed E-state index contributed by atoms with van der Waals surface area (Å²) in [7, 11) is 1.40. The number of amides is 2. The summed E-state index contributed by atoms with van der Waals surface area (Å²) in [6, 6.07) is -1.17. The number of nitrogens with one attached hydrogen (secondary N) is 1. The average molecular weight is 310 g/mol. The van der Waals surface area contributed by atoms with Gasteiger partial charge in [-0.1, -0.05) is 0 Å². The molecule has 1 heterocycles. The lowest BCUT2D eigenvalue weighted by atomic mass is 9.91. The number of hydrogen-bond acceptors (Lipinski definition) is 3. The van der Waals surface area contributed by atoms with Gasteiger partial charge in [-0.05, 0) is 12.8 Å². The second-order valence-electron chi connectivity index (χ2n) is 4.90. The number of carboxylic acid groups (broad SMARTS) is 1. The highest BCUT2D eigenvalue weighted by molar-refractivity contribution is 5.86. The third kappa shape index (κ3) is 4.91. The summed E-state index contributed by atoms with van der Waals surface area (Å²) in [5, 5.41) is 11.4. The van der Waals surface area contributed by atoms with Crippen LogP contribution in [0.4, 0.5) is 13.2 Å². The number of carboxylic acids is 1. The summed E-state index contributed by atoms with van der Waals surface area (Å²) in [5.41, 5.74) is 0. The maximum absolute atomic E-state index is 12.1. The van der Waals surface area contributed by atoms with E-state index in [0.717, 1.165) is 4.90 Å². The van der Waals surface area contributed by atoms with E-state index >= 15 is 0 Å². The molecule has 2 atom stereocenters. The summed E-state index contributed by atoms with van der Waals surface area (Å²) < 4.78 is 36.4. The first-order chi connectivity index (χ1) is 9.65. The molecule has 2 N–H and O–H groups in total. The lowest BCUT2D eigenvalue weighted by Gasteiger charge is -2.36. The van der Waals surface area contributed by atoms with Gasteiger partial charge in [0.05, 0.1) is 12.3 Å². The Kier molecular flexibility index (Phi) is 5.56. The molecule has 2 amide bonds. The fourth-order valence-corrected chi connectivity index (χ4v) is 2.31. The van der Waals surface area contributed by atoms with Crippen molar-refractivity contribution in [2.75, 3.05) is 13.6 Å². The highest BCUT2D eigenvalue weighted by Gasteiger charge is 2.39. The molecule has 1 aliphatic heterocycles. The Hall–Kier alpha value is -1.80. The third-order valence-corrected chi connectivity index (χ3v) is 3.43. The van der Waals surface area contributed by atoms with E-state index in [1.54, 1.807) is 0 Å². The van der Waals surface area contributed by atoms with Crippen LogP contribution in [-0.2, 0) is 14.4 Å². The lowest BCUT2D eigenvalue weighted by molar-refractivity contribution is -0.159. The first kappa shape index (κ1) is 17.3. The van der Waals surface area contributed by atoms with E-state index in [4.69, 9.17) is 5.11 Å². The van der Waals surface area contributed by atoms with E-state index in [1.165, 1.54) is 7.05 Å². The normalized spacial score (nSPS) is 22.8. The van der Waals surface area contributed by atoms with Crippen LogP contribution in [0, 0.1) is 5.92 Å². The maximum Gasteiger partial charge on any atom is 0.389 e. The summed E-state index contributed by atoms with van der Waals surface area (Å²) >= 11 is 0. The smallest absolute Gasteiger partial charge is 0.389 e. The van der Waals surface area contributed by atoms with Crippen molar-refractivity contribution < 1.29 is 32.7 Å². The van der Waals surface area contributed by atoms with Gasteiger partial charge in [0, 0.05) is 20.0 Å². The van der Waals surface area contributed by atoms with E-state index in [-0.39, 0.29) is 25.3 Å². The number of nitrogens with zero attached hydrogens (tertiary/aromatic N) is 1. The first-order valence-corrected chi connectivity index (χ1v) is 6.46. The van der Waals surface area contributed by atoms with Gasteiger partial charge >= 0.3 is 12.1 Å². The Bertz CT molecular complexity index is 425. The number of piperidine rings is 1. The zero-order valence-corrected chi connectivity index (χ0v) is 11.4. The number of halogens is 3. The second kappa shape index (κ2) is 6.77. The molecule has 1 fully saturated rings. The van der Waals surface area contributed by atoms with Crippen molar-refractivity contribution in [3.05, 3.63) is 0 Å². The largest absolute Gasteiger partial charge is 0.480 e. The van der Waals surface area contributed by atoms with E-state index < -0.39 is 42.9 Å². The Morgan fingerprint density at radius 2 is 1.90 bits per heavy atom. The van der Waals surface area contributed by atoms with Crippen LogP contribution >= 0.6 is 0 Å². The molecule has 0 unspecified atom stereocenters. The van der Waals surface area contributed by atoms with Gasteiger partial charge < -0.3 is 15.3 Å². The number of aliphatic carboxylic acids is 1. The molecule has 0 bridgehead atoms. The number of carbonyl (C=O) groups is 3. The van der Waals surface area contributed by atoms with Gasteiger partial charge in [-0.2, -0.15) is 13.2 Å². The fourth-order valence-electron chi connectivity index (χ4n) is 2.31. The molecule has 0 spiro atoms. The molecule has 1 saturated heterocycles. The SMILES string of the molecule is CNC(=O)[C@H]1CC[C@@H](C(=O)O)N(C(=O)CCC(F)(F)F)C1. The molecular weight excluding hydrogens is 293 g/mol. The molecule has 0 aromatic carbocycles. The zero-order chi connectivity index (χ0) is 16.2. The number of alkyl halides is 3. The van der Waals surface area contributed by atoms with Crippen LogP contribution in [0.5, 0.6) is 0 Å². The van der Waals surface area contributed by atoms with Crippen molar-refractivity contribution in [3.8, 4) is 0 Å². The van der Waals surface area contributed by atoms with Crippen molar-refractivity contribution in [3.63, 3.8) is 0 Å². The molecule has 0 aromatic rings. The molecule has 1 rings (SSSR count). The highest BCUT2D eigenvalue weighted by Crippen LogP contribution is 2.26. The van der Waals surface area contributed by atoms with Gasteiger partial charge in [-0.3, -0.25) is 9.59 Å². The Labute approximate surface area is 119 Å². The van der Waals surface area contributed by atoms with Crippen LogP contribution in [-0.4, -0.2) is 53.6 Å². The predicted octanol–water partition coefficient (Wildman–Crippen LogP) is 0.767. The van der Waals surface area contributed by atoms with Gasteiger partial charge in [-0.25, -0.2) is 4.79 Å². The van der Waals surface area contributed by atoms with Crippen molar-refractivity contribution in [2.24, 2.45) is 5.92 Å². The first-order valence-electron chi connectivity index (χ1n) is 6.46. The minimum Gasteiger partial charge on any atom is -0.480 e. The topological polar surface area (TPSA) is 86.7 Å². The Morgan fingerprint density at radius 1 is 1.29 bits per heavy atom. The minimum atomic E-state index is -4.48. The van der Waals surface area contributed by atoms with Crippen LogP contribution in [0.2, 0.25) is 0 Å². The number of rotatable bonds is 4. The average Bonchev–Trinajstić information content (AvgIpc) is 2.42. The van der Waals surface area contributed by atoms with Crippen molar-refractivity contribution in [2.45, 2.75) is 37.9 Å². The standard InChI is InChI=1S/C12H17F3N2O4/c1-16-10(19)7-2-3-8(11(20)21)17(6-7)9(18)4-5-12(13,14)15/h7-8H,2-6H2,1H3,(H,16,19)(H,20,21)/t7-,8-/m0/s1. The molecule has 9 heteroatoms. The highest BCUT2D eigenvalue weighted by atomic mass is 19.4. The molecule has 1 aliphatic rings. The molecule has 6 nitrogen and oxygen atoms in total. The number of likely N-dealkylation sites (tertiary alicyclic amines) is 1. The van der Waals surface area contributed by atoms with Crippen molar-refractivity contribution >= 4 is 17.8 Å². The molecule has 0 aliphatic carbocycles. The van der Waals surface area contributed by atoms with Gasteiger partial charge in [-0.15, -0.1) is 0 Å². The van der Waals surface area contributed by atoms with Crippen LogP contribution in [0.1, 0.15) is 25.7 Å². The predicted molar refractivity (Wildman–Crippen MR) is 65.2 cm³/mol. The minimum absolute atomic E-state index is 0.0468. The van der Waals surface area contributed by atoms with Gasteiger partial charge in [0.25, 0.3) is 0 Å². The summed E-state index contributed by atoms with van der Waals surface area (Å²) in [6.07, 6.45) is -6.28. The van der Waals surface area contributed by atoms with Gasteiger partial charge in [0.15, 0.2) is 0 Å². The fraction of sp³-hybridized carbons (Fsp3) is 0.750. The number of carbonyl (C=O) groups excluding carboxylic acids is 2. The summed E-state index contributed by atoms with van der Waals surface area (Å²) in [6.45, 7) is -0.173. The van der Waals surface area contributed by atoms with E-state index in [9.17, 15) is 27.6 Å². The van der Waals surface area contributed by atoms with E-state index in [1.807, 2.05) is 0 Å². The molecule has 0 aromatic heterocycles. The molecular formula is C12H17F3N2O4. The van der Waals surface area contributed by atoms with Crippen LogP contribution in [0.25, 0.3) is 0 Å². The van der Waals surface area contributed by atoms with Gasteiger partial charge in [0.1, 0.15) is 6.04 Å². The van der Waals surface area contributed by atoms with Crippen LogP contribution in [0.15, 0.2) is 0 Å². The molecule has 0 radical (unpaired) electrons. The summed E-state index contributed by atoms with van der Waals surface area (Å²) in [5.74, 6) is -3.12. The lowest BCUT2D eigenvalue weighted by Crippen LogP contribution is -2.53.